The molecule has 4 heterocycles. The molecule has 0 saturated heterocycles. The van der Waals surface area contributed by atoms with Crippen molar-refractivity contribution in [3.05, 3.63) is 145 Å². The van der Waals surface area contributed by atoms with Crippen LogP contribution in [0.2, 0.25) is 0 Å². The summed E-state index contributed by atoms with van der Waals surface area (Å²) < 4.78 is 9.81. The van der Waals surface area contributed by atoms with Gasteiger partial charge in [-0.1, -0.05) is 78.1 Å². The van der Waals surface area contributed by atoms with Crippen LogP contribution in [0.4, 0.5) is 0 Å². The molecule has 0 aliphatic heterocycles. The van der Waals surface area contributed by atoms with Crippen molar-refractivity contribution in [1.82, 2.24) is 24.4 Å². The minimum Gasteiger partial charge on any atom is -0.489 e. The lowest BCUT2D eigenvalue weighted by Gasteiger charge is -2.08. The fourth-order valence-corrected chi connectivity index (χ4v) is 6.03. The third kappa shape index (κ3) is 5.43. The smallest absolute Gasteiger partial charge is 0.291 e. The van der Waals surface area contributed by atoms with E-state index in [-0.39, 0.29) is 5.56 Å². The van der Waals surface area contributed by atoms with E-state index >= 15 is 0 Å². The lowest BCUT2D eigenvalue weighted by Crippen LogP contribution is -2.23. The summed E-state index contributed by atoms with van der Waals surface area (Å²) in [5.74, 6) is 1.24. The van der Waals surface area contributed by atoms with Gasteiger partial charge in [-0.05, 0) is 59.5 Å². The number of fused-ring (bicyclic) bond motifs is 1. The molecular formula is C33H23N5O2S2. The molecule has 42 heavy (non-hydrogen) atoms. The van der Waals surface area contributed by atoms with E-state index in [0.29, 0.717) is 21.9 Å². The Labute approximate surface area is 248 Å². The second kappa shape index (κ2) is 11.4. The maximum Gasteiger partial charge on any atom is 0.291 e. The number of aromatic nitrogens is 5. The van der Waals surface area contributed by atoms with Crippen LogP contribution < -0.4 is 14.8 Å². The molecule has 0 atom stereocenters. The number of nitrogens with zero attached hydrogens (tertiary/aromatic N) is 5. The Bertz CT molecular complexity index is 2110. The molecule has 9 heteroatoms. The zero-order chi connectivity index (χ0) is 28.3. The monoisotopic (exact) mass is 585 g/mol. The minimum atomic E-state index is -0.211. The molecule has 0 N–H and O–H groups in total. The molecule has 0 radical (unpaired) electrons. The first-order valence-corrected chi connectivity index (χ1v) is 14.9. The highest BCUT2D eigenvalue weighted by molar-refractivity contribution is 7.15. The molecule has 0 amide bonds. The van der Waals surface area contributed by atoms with Crippen LogP contribution in [0.1, 0.15) is 21.8 Å². The predicted molar refractivity (Wildman–Crippen MR) is 169 cm³/mol. The number of hydrogen-bond donors (Lipinski definition) is 0. The average molecular weight is 586 g/mol. The Hall–Kier alpha value is -5.12. The fraction of sp³-hybridized carbons (Fsp3) is 0.0303. The van der Waals surface area contributed by atoms with Crippen molar-refractivity contribution in [1.29, 1.82) is 0 Å². The number of thiophene rings is 1. The van der Waals surface area contributed by atoms with E-state index < -0.39 is 0 Å². The number of para-hydroxylation sites is 1. The lowest BCUT2D eigenvalue weighted by atomic mass is 10.1. The van der Waals surface area contributed by atoms with E-state index in [1.807, 2.05) is 132 Å². The highest BCUT2D eigenvalue weighted by atomic mass is 32.1. The maximum absolute atomic E-state index is 13.3. The maximum atomic E-state index is 13.3. The molecule has 0 aliphatic rings. The standard InChI is InChI=1S/C33H23N5O2S2/c39-32-29(42-33-34-30(35-38(32)33)17-16-28-15-8-18-41-28)20-25-21-37(26-12-5-2-6-13-26)36-31(25)24-11-7-14-27(19-24)40-22-23-9-3-1-4-10-23/h1-21H,22H2/b17-16+,29-20-. The third-order valence-electron chi connectivity index (χ3n) is 6.54. The molecule has 0 fully saturated rings. The van der Waals surface area contributed by atoms with Crippen molar-refractivity contribution in [2.75, 3.05) is 0 Å². The van der Waals surface area contributed by atoms with Crippen molar-refractivity contribution in [2.24, 2.45) is 0 Å². The van der Waals surface area contributed by atoms with Gasteiger partial charge in [-0.25, -0.2) is 4.68 Å². The summed E-state index contributed by atoms with van der Waals surface area (Å²) >= 11 is 2.94. The van der Waals surface area contributed by atoms with Gasteiger partial charge in [0.15, 0.2) is 5.82 Å². The molecule has 7 aromatic rings. The highest BCUT2D eigenvalue weighted by Gasteiger charge is 2.14. The fourth-order valence-electron chi connectivity index (χ4n) is 4.51. The van der Waals surface area contributed by atoms with Crippen molar-refractivity contribution < 1.29 is 4.74 Å². The van der Waals surface area contributed by atoms with E-state index in [1.54, 1.807) is 11.3 Å². The van der Waals surface area contributed by atoms with Crippen LogP contribution in [0.25, 0.3) is 40.1 Å². The molecule has 204 valence electrons. The van der Waals surface area contributed by atoms with Crippen LogP contribution in [0, 0.1) is 0 Å². The summed E-state index contributed by atoms with van der Waals surface area (Å²) in [4.78, 5) is 19.6. The Morgan fingerprint density at radius 3 is 2.48 bits per heavy atom. The van der Waals surface area contributed by atoms with Gasteiger partial charge in [-0.2, -0.15) is 14.6 Å². The van der Waals surface area contributed by atoms with Crippen molar-refractivity contribution in [3.63, 3.8) is 0 Å². The molecule has 7 nitrogen and oxygen atoms in total. The largest absolute Gasteiger partial charge is 0.489 e. The van der Waals surface area contributed by atoms with Gasteiger partial charge >= 0.3 is 0 Å². The van der Waals surface area contributed by atoms with Crippen LogP contribution in [0.15, 0.2) is 113 Å². The highest BCUT2D eigenvalue weighted by Crippen LogP contribution is 2.28. The molecule has 0 spiro atoms. The summed E-state index contributed by atoms with van der Waals surface area (Å²) in [5.41, 5.74) is 4.23. The van der Waals surface area contributed by atoms with Crippen LogP contribution >= 0.6 is 22.7 Å². The van der Waals surface area contributed by atoms with Crippen LogP contribution in [-0.2, 0) is 6.61 Å². The van der Waals surface area contributed by atoms with Gasteiger partial charge in [0, 0.05) is 22.2 Å². The van der Waals surface area contributed by atoms with Crippen LogP contribution in [0.5, 0.6) is 5.75 Å². The summed E-state index contributed by atoms with van der Waals surface area (Å²) in [6.45, 7) is 0.466. The molecule has 7 rings (SSSR count). The number of thiazole rings is 1. The minimum absolute atomic E-state index is 0.211. The first-order valence-electron chi connectivity index (χ1n) is 13.2. The second-order valence-electron chi connectivity index (χ2n) is 9.44. The van der Waals surface area contributed by atoms with Gasteiger partial charge in [0.2, 0.25) is 4.96 Å². The molecule has 0 unspecified atom stereocenters. The van der Waals surface area contributed by atoms with E-state index in [4.69, 9.17) is 9.84 Å². The first-order chi connectivity index (χ1) is 20.7. The van der Waals surface area contributed by atoms with Gasteiger partial charge in [0.25, 0.3) is 5.56 Å². The molecule has 0 bridgehead atoms. The van der Waals surface area contributed by atoms with E-state index in [0.717, 1.165) is 38.7 Å². The van der Waals surface area contributed by atoms with Crippen molar-refractivity contribution in [3.8, 4) is 22.7 Å². The summed E-state index contributed by atoms with van der Waals surface area (Å²) in [6.07, 6.45) is 7.57. The number of ether oxygens (including phenoxy) is 1. The second-order valence-corrected chi connectivity index (χ2v) is 11.4. The van der Waals surface area contributed by atoms with Gasteiger partial charge in [0.05, 0.1) is 10.2 Å². The van der Waals surface area contributed by atoms with Gasteiger partial charge in [-0.15, -0.1) is 16.4 Å². The van der Waals surface area contributed by atoms with Gasteiger partial charge in [0.1, 0.15) is 18.1 Å². The first kappa shape index (κ1) is 25.8. The lowest BCUT2D eigenvalue weighted by molar-refractivity contribution is 0.306. The molecule has 0 saturated carbocycles. The van der Waals surface area contributed by atoms with Crippen molar-refractivity contribution in [2.45, 2.75) is 6.61 Å². The summed E-state index contributed by atoms with van der Waals surface area (Å²) in [5, 5.41) is 11.4. The SMILES string of the molecule is O=c1/c(=C/c2cn(-c3ccccc3)nc2-c2cccc(OCc3ccccc3)c2)sc2nc(/C=C/c3cccs3)nn12. The Kier molecular flexibility index (Phi) is 7.01. The van der Waals surface area contributed by atoms with E-state index in [9.17, 15) is 4.79 Å². The summed E-state index contributed by atoms with van der Waals surface area (Å²) in [7, 11) is 0. The number of hydrogen-bond acceptors (Lipinski definition) is 7. The molecular weight excluding hydrogens is 563 g/mol. The number of benzene rings is 3. The van der Waals surface area contributed by atoms with Gasteiger partial charge in [-0.3, -0.25) is 4.79 Å². The van der Waals surface area contributed by atoms with Crippen LogP contribution in [-0.4, -0.2) is 24.4 Å². The predicted octanol–water partition coefficient (Wildman–Crippen LogP) is 6.36. The number of rotatable bonds is 8. The van der Waals surface area contributed by atoms with E-state index in [2.05, 4.69) is 10.1 Å². The molecule has 0 aliphatic carbocycles. The average Bonchev–Trinajstić information content (AvgIpc) is 3.83. The summed E-state index contributed by atoms with van der Waals surface area (Å²) in [6, 6.07) is 31.8. The zero-order valence-corrected chi connectivity index (χ0v) is 23.8. The van der Waals surface area contributed by atoms with Gasteiger partial charge < -0.3 is 4.74 Å². The Balaban J connectivity index is 1.26. The Morgan fingerprint density at radius 1 is 0.857 bits per heavy atom. The topological polar surface area (TPSA) is 74.3 Å². The quantitative estimate of drug-likeness (QED) is 0.207. The third-order valence-corrected chi connectivity index (χ3v) is 8.34. The zero-order valence-electron chi connectivity index (χ0n) is 22.2. The molecule has 3 aromatic carbocycles. The van der Waals surface area contributed by atoms with Crippen LogP contribution in [0.3, 0.4) is 0 Å². The Morgan fingerprint density at radius 2 is 1.69 bits per heavy atom. The van der Waals surface area contributed by atoms with E-state index in [1.165, 1.54) is 15.9 Å². The molecule has 4 aromatic heterocycles. The normalized spacial score (nSPS) is 12.0. The van der Waals surface area contributed by atoms with Crippen molar-refractivity contribution >= 4 is 45.9 Å².